The minimum Gasteiger partial charge on any atom is -0.166 e. The Morgan fingerprint density at radius 1 is 1.31 bits per heavy atom. The molecule has 1 rings (SSSR count). The van der Waals surface area contributed by atoms with Crippen molar-refractivity contribution < 1.29 is 13.2 Å². The van der Waals surface area contributed by atoms with Crippen molar-refractivity contribution >= 4 is 0 Å². The number of halogens is 3. The first-order valence-corrected chi connectivity index (χ1v) is 3.85. The minimum absolute atomic E-state index is 0.00176. The molecule has 1 aromatic rings. The Balaban J connectivity index is 3.24. The third kappa shape index (κ3) is 2.17. The lowest BCUT2D eigenvalue weighted by molar-refractivity contribution is -0.138. The molecule has 0 unspecified atom stereocenters. The molecule has 0 radical (unpaired) electrons. The summed E-state index contributed by atoms with van der Waals surface area (Å²) >= 11 is 0. The van der Waals surface area contributed by atoms with Crippen LogP contribution in [0.4, 0.5) is 13.2 Å². The second-order valence-electron chi connectivity index (χ2n) is 2.70. The average Bonchev–Trinajstić information content (AvgIpc) is 2.03. The number of nitrogens with zero attached hydrogens (tertiary/aromatic N) is 2. The van der Waals surface area contributed by atoms with Gasteiger partial charge in [-0.05, 0) is 19.4 Å². The van der Waals surface area contributed by atoms with Crippen molar-refractivity contribution in [3.05, 3.63) is 23.0 Å². The highest BCUT2D eigenvalue weighted by Crippen LogP contribution is 2.31. The lowest BCUT2D eigenvalue weighted by atomic mass is 10.1. The van der Waals surface area contributed by atoms with Gasteiger partial charge in [0.2, 0.25) is 0 Å². The summed E-state index contributed by atoms with van der Waals surface area (Å²) < 4.78 is 37.0. The van der Waals surface area contributed by atoms with Gasteiger partial charge in [-0.3, -0.25) is 0 Å². The number of aryl methyl sites for hydroxylation is 2. The van der Waals surface area contributed by atoms with E-state index in [9.17, 15) is 13.2 Å². The highest BCUT2D eigenvalue weighted by molar-refractivity contribution is 5.23. The summed E-state index contributed by atoms with van der Waals surface area (Å²) in [6.07, 6.45) is -4.09. The van der Waals surface area contributed by atoms with Crippen LogP contribution >= 0.6 is 0 Å². The van der Waals surface area contributed by atoms with Gasteiger partial charge in [0.15, 0.2) is 0 Å². The standard InChI is InChI=1S/C8H9F3N2/c1-3-7-6(8(9,10)11)4-5(2)12-13-7/h4H,3H2,1-2H3. The fraction of sp³-hybridized carbons (Fsp3) is 0.500. The van der Waals surface area contributed by atoms with E-state index in [1.165, 1.54) is 6.92 Å². The molecule has 0 saturated carbocycles. The van der Waals surface area contributed by atoms with Crippen LogP contribution in [0.25, 0.3) is 0 Å². The molecule has 0 N–H and O–H groups in total. The van der Waals surface area contributed by atoms with E-state index in [0.717, 1.165) is 6.07 Å². The highest BCUT2D eigenvalue weighted by atomic mass is 19.4. The molecule has 0 saturated heterocycles. The maximum Gasteiger partial charge on any atom is 0.418 e. The quantitative estimate of drug-likeness (QED) is 0.679. The molecule has 0 aliphatic heterocycles. The molecule has 0 aliphatic rings. The van der Waals surface area contributed by atoms with Gasteiger partial charge in [-0.2, -0.15) is 23.4 Å². The van der Waals surface area contributed by atoms with Crippen molar-refractivity contribution in [3.8, 4) is 0 Å². The molecule has 0 aliphatic carbocycles. The number of aromatic nitrogens is 2. The predicted octanol–water partition coefficient (Wildman–Crippen LogP) is 2.37. The second kappa shape index (κ2) is 3.32. The Morgan fingerprint density at radius 3 is 2.38 bits per heavy atom. The van der Waals surface area contributed by atoms with Crippen LogP contribution in [-0.2, 0) is 12.6 Å². The number of hydrogen-bond acceptors (Lipinski definition) is 2. The third-order valence-corrected chi connectivity index (χ3v) is 1.63. The van der Waals surface area contributed by atoms with Crippen molar-refractivity contribution in [2.45, 2.75) is 26.4 Å². The maximum atomic E-state index is 12.3. The largest absolute Gasteiger partial charge is 0.418 e. The molecule has 72 valence electrons. The summed E-state index contributed by atoms with van der Waals surface area (Å²) in [5.41, 5.74) is -0.398. The van der Waals surface area contributed by atoms with Gasteiger partial charge in [0.25, 0.3) is 0 Å². The lowest BCUT2D eigenvalue weighted by Gasteiger charge is -2.09. The normalized spacial score (nSPS) is 11.8. The van der Waals surface area contributed by atoms with E-state index in [4.69, 9.17) is 0 Å². The van der Waals surface area contributed by atoms with Crippen LogP contribution in [0.2, 0.25) is 0 Å². The topological polar surface area (TPSA) is 25.8 Å². The van der Waals surface area contributed by atoms with Gasteiger partial charge in [0, 0.05) is 0 Å². The molecule has 0 bridgehead atoms. The Kier molecular flexibility index (Phi) is 2.54. The molecule has 0 spiro atoms. The Labute approximate surface area is 73.8 Å². The minimum atomic E-state index is -4.33. The predicted molar refractivity (Wildman–Crippen MR) is 41.1 cm³/mol. The van der Waals surface area contributed by atoms with Crippen LogP contribution < -0.4 is 0 Å². The van der Waals surface area contributed by atoms with Crippen molar-refractivity contribution in [2.24, 2.45) is 0 Å². The summed E-state index contributed by atoms with van der Waals surface area (Å²) in [6, 6.07) is 1.02. The van der Waals surface area contributed by atoms with Gasteiger partial charge >= 0.3 is 6.18 Å². The number of hydrogen-bond donors (Lipinski definition) is 0. The van der Waals surface area contributed by atoms with Gasteiger partial charge in [-0.25, -0.2) is 0 Å². The third-order valence-electron chi connectivity index (χ3n) is 1.63. The van der Waals surface area contributed by atoms with Crippen LogP contribution in [0.3, 0.4) is 0 Å². The zero-order chi connectivity index (χ0) is 10.1. The molecule has 0 atom stereocenters. The van der Waals surface area contributed by atoms with E-state index in [2.05, 4.69) is 10.2 Å². The summed E-state index contributed by atoms with van der Waals surface area (Å²) in [7, 11) is 0. The van der Waals surface area contributed by atoms with E-state index >= 15 is 0 Å². The molecule has 0 fully saturated rings. The SMILES string of the molecule is CCc1nnc(C)cc1C(F)(F)F. The molecule has 0 aromatic carbocycles. The van der Waals surface area contributed by atoms with Crippen molar-refractivity contribution in [1.29, 1.82) is 0 Å². The van der Waals surface area contributed by atoms with Gasteiger partial charge in [0.1, 0.15) is 0 Å². The summed E-state index contributed by atoms with van der Waals surface area (Å²) in [5, 5.41) is 7.07. The molecular formula is C8H9F3N2. The van der Waals surface area contributed by atoms with E-state index < -0.39 is 11.7 Å². The van der Waals surface area contributed by atoms with Gasteiger partial charge in [-0.15, -0.1) is 0 Å². The molecule has 2 nitrogen and oxygen atoms in total. The summed E-state index contributed by atoms with van der Waals surface area (Å²) in [5.74, 6) is 0. The molecular weight excluding hydrogens is 181 g/mol. The van der Waals surface area contributed by atoms with Gasteiger partial charge < -0.3 is 0 Å². The lowest BCUT2D eigenvalue weighted by Crippen LogP contribution is -2.12. The van der Waals surface area contributed by atoms with Crippen LogP contribution in [0.5, 0.6) is 0 Å². The Bertz CT molecular complexity index is 307. The maximum absolute atomic E-state index is 12.3. The zero-order valence-corrected chi connectivity index (χ0v) is 7.31. The highest BCUT2D eigenvalue weighted by Gasteiger charge is 2.33. The fourth-order valence-corrected chi connectivity index (χ4v) is 1.02. The zero-order valence-electron chi connectivity index (χ0n) is 7.31. The van der Waals surface area contributed by atoms with E-state index in [0.29, 0.717) is 0 Å². The number of alkyl halides is 3. The first-order valence-electron chi connectivity index (χ1n) is 3.85. The first-order chi connectivity index (χ1) is 5.95. The summed E-state index contributed by atoms with van der Waals surface area (Å²) in [6.45, 7) is 3.11. The second-order valence-corrected chi connectivity index (χ2v) is 2.70. The molecule has 0 amide bonds. The van der Waals surface area contributed by atoms with Crippen molar-refractivity contribution in [2.75, 3.05) is 0 Å². The van der Waals surface area contributed by atoms with Crippen molar-refractivity contribution in [1.82, 2.24) is 10.2 Å². The summed E-state index contributed by atoms with van der Waals surface area (Å²) in [4.78, 5) is 0. The monoisotopic (exact) mass is 190 g/mol. The van der Waals surface area contributed by atoms with Crippen LogP contribution in [0.1, 0.15) is 23.9 Å². The molecule has 5 heteroatoms. The van der Waals surface area contributed by atoms with Crippen LogP contribution in [-0.4, -0.2) is 10.2 Å². The molecule has 1 heterocycles. The first kappa shape index (κ1) is 9.95. The van der Waals surface area contributed by atoms with E-state index in [1.807, 2.05) is 0 Å². The Morgan fingerprint density at radius 2 is 1.92 bits per heavy atom. The molecule has 1 aromatic heterocycles. The smallest absolute Gasteiger partial charge is 0.166 e. The number of rotatable bonds is 1. The van der Waals surface area contributed by atoms with E-state index in [1.54, 1.807) is 6.92 Å². The van der Waals surface area contributed by atoms with Crippen LogP contribution in [0, 0.1) is 6.92 Å². The molecule has 13 heavy (non-hydrogen) atoms. The van der Waals surface area contributed by atoms with E-state index in [-0.39, 0.29) is 17.8 Å². The van der Waals surface area contributed by atoms with Crippen LogP contribution in [0.15, 0.2) is 6.07 Å². The average molecular weight is 190 g/mol. The van der Waals surface area contributed by atoms with Crippen molar-refractivity contribution in [3.63, 3.8) is 0 Å². The van der Waals surface area contributed by atoms with Gasteiger partial charge in [0.05, 0.1) is 17.0 Å². The fourth-order valence-electron chi connectivity index (χ4n) is 1.02. The Hall–Kier alpha value is -1.13. The van der Waals surface area contributed by atoms with Gasteiger partial charge in [-0.1, -0.05) is 6.92 Å².